The Bertz CT molecular complexity index is 1600. The van der Waals surface area contributed by atoms with Crippen molar-refractivity contribution in [2.24, 2.45) is 0 Å². The highest BCUT2D eigenvalue weighted by Crippen LogP contribution is 2.29. The van der Waals surface area contributed by atoms with E-state index in [1.807, 2.05) is 0 Å². The second kappa shape index (κ2) is 8.04. The minimum Gasteiger partial charge on any atom is -0.337 e. The first-order chi connectivity index (χ1) is 18.1. The zero-order valence-electron chi connectivity index (χ0n) is 25.5. The van der Waals surface area contributed by atoms with E-state index in [4.69, 9.17) is 18.2 Å². The molecule has 3 rings (SSSR count). The van der Waals surface area contributed by atoms with Gasteiger partial charge < -0.3 is 9.84 Å². The molecule has 2 N–H and O–H groups in total. The van der Waals surface area contributed by atoms with Gasteiger partial charge in [-0.25, -0.2) is 13.1 Å². The van der Waals surface area contributed by atoms with Crippen LogP contribution >= 0.6 is 11.3 Å². The number of aromatic nitrogens is 1. The maximum absolute atomic E-state index is 13.3. The number of Topliss-reactive ketones (excluding diaryl/α,β-unsaturated/α-hetero) is 1. The molecule has 1 amide bonds. The number of anilines is 2. The number of sulfonamides is 1. The number of ketones is 1. The molecule has 0 unspecified atom stereocenters. The van der Waals surface area contributed by atoms with Gasteiger partial charge in [-0.15, -0.1) is 11.3 Å². The summed E-state index contributed by atoms with van der Waals surface area (Å²) in [5, 5.41) is 6.93. The van der Waals surface area contributed by atoms with Gasteiger partial charge in [0.15, 0.2) is 5.78 Å². The zero-order chi connectivity index (χ0) is 30.6. The highest BCUT2D eigenvalue weighted by molar-refractivity contribution is 7.93. The van der Waals surface area contributed by atoms with Crippen LogP contribution in [0.15, 0.2) is 33.0 Å². The van der Waals surface area contributed by atoms with Crippen LogP contribution in [-0.4, -0.2) is 25.3 Å². The molecule has 8 nitrogen and oxygen atoms in total. The molecule has 0 radical (unpaired) electrons. The molecule has 0 saturated heterocycles. The Morgan fingerprint density at radius 3 is 2.73 bits per heavy atom. The summed E-state index contributed by atoms with van der Waals surface area (Å²) in [6.45, 7) is -6.68. The van der Waals surface area contributed by atoms with Gasteiger partial charge in [0.1, 0.15) is 9.77 Å². The molecule has 0 saturated carbocycles. The van der Waals surface area contributed by atoms with Gasteiger partial charge in [-0.3, -0.25) is 9.59 Å². The topological polar surface area (TPSA) is 118 Å². The smallest absolute Gasteiger partial charge is 0.267 e. The Labute approximate surface area is 192 Å². The lowest BCUT2D eigenvalue weighted by Gasteiger charge is -2.14. The van der Waals surface area contributed by atoms with Crippen molar-refractivity contribution in [2.45, 2.75) is 39.3 Å². The summed E-state index contributed by atoms with van der Waals surface area (Å²) >= 11 is 0.618. The first kappa shape index (κ1) is 12.0. The molecule has 0 bridgehead atoms. The molecular formula is C20H21N3O5S2. The van der Waals surface area contributed by atoms with Crippen LogP contribution in [0.2, 0.25) is 0 Å². The number of rotatable bonds is 6. The molecule has 0 fully saturated rings. The monoisotopic (exact) mass is 457 g/mol. The predicted molar refractivity (Wildman–Crippen MR) is 115 cm³/mol. The van der Waals surface area contributed by atoms with Crippen molar-refractivity contribution < 1.29 is 36.2 Å². The lowest BCUT2D eigenvalue weighted by molar-refractivity contribution is 0.101. The van der Waals surface area contributed by atoms with E-state index in [1.54, 1.807) is 6.92 Å². The van der Waals surface area contributed by atoms with Gasteiger partial charge in [0, 0.05) is 23.5 Å². The number of amides is 1. The highest BCUT2D eigenvalue weighted by Gasteiger charge is 2.27. The fourth-order valence-corrected chi connectivity index (χ4v) is 4.79. The normalized spacial score (nSPS) is 17.5. The van der Waals surface area contributed by atoms with Crippen molar-refractivity contribution >= 4 is 44.6 Å². The fourth-order valence-electron chi connectivity index (χ4n) is 2.42. The Kier molecular flexibility index (Phi) is 3.22. The summed E-state index contributed by atoms with van der Waals surface area (Å²) in [4.78, 5) is 25.1. The molecule has 3 aromatic rings. The van der Waals surface area contributed by atoms with E-state index in [1.165, 1.54) is 12.3 Å². The Morgan fingerprint density at radius 1 is 1.30 bits per heavy atom. The summed E-state index contributed by atoms with van der Waals surface area (Å²) in [6, 6.07) is 0.505. The zero-order valence-corrected chi connectivity index (χ0v) is 17.2. The van der Waals surface area contributed by atoms with E-state index in [9.17, 15) is 18.0 Å². The molecule has 0 aliphatic carbocycles. The van der Waals surface area contributed by atoms with Crippen molar-refractivity contribution in [1.29, 1.82) is 0 Å². The maximum Gasteiger partial charge on any atom is 0.267 e. The minimum absolute atomic E-state index is 0.218. The molecule has 30 heavy (non-hydrogen) atoms. The fraction of sp³-hybridized carbons (Fsp3) is 0.250. The number of hydrogen-bond donors (Lipinski definition) is 2. The molecule has 1 aromatic carbocycles. The van der Waals surface area contributed by atoms with Gasteiger partial charge >= 0.3 is 0 Å². The third-order valence-corrected chi connectivity index (χ3v) is 6.46. The molecule has 2 aromatic heterocycles. The van der Waals surface area contributed by atoms with Gasteiger partial charge in [-0.05, 0) is 63.0 Å². The minimum atomic E-state index is -4.48. The number of carbonyl (C=O) groups excluding carboxylic acids is 2. The maximum atomic E-state index is 13.3. The number of benzene rings is 1. The van der Waals surface area contributed by atoms with Crippen LogP contribution < -0.4 is 10.0 Å². The molecule has 0 atom stereocenters. The van der Waals surface area contributed by atoms with Crippen LogP contribution in [0.3, 0.4) is 0 Å². The highest BCUT2D eigenvalue weighted by atomic mass is 32.2. The summed E-state index contributed by atoms with van der Waals surface area (Å²) < 4.78 is 110. The number of aryl methyl sites for hydroxylation is 3. The lowest BCUT2D eigenvalue weighted by Crippen LogP contribution is -2.20. The van der Waals surface area contributed by atoms with Gasteiger partial charge in [0.2, 0.25) is 5.88 Å². The van der Waals surface area contributed by atoms with Crippen molar-refractivity contribution in [3.05, 3.63) is 56.4 Å². The molecule has 158 valence electrons. The van der Waals surface area contributed by atoms with E-state index in [2.05, 4.69) is 15.2 Å². The number of nitrogens with zero attached hydrogens (tertiary/aromatic N) is 1. The van der Waals surface area contributed by atoms with E-state index in [0.717, 1.165) is 6.07 Å². The third-order valence-electron chi connectivity index (χ3n) is 4.04. The van der Waals surface area contributed by atoms with Crippen molar-refractivity contribution in [3.63, 3.8) is 0 Å². The van der Waals surface area contributed by atoms with Crippen LogP contribution in [0.1, 0.15) is 63.0 Å². The largest absolute Gasteiger partial charge is 0.337 e. The van der Waals surface area contributed by atoms with Crippen LogP contribution in [0.5, 0.6) is 0 Å². The second-order valence-electron chi connectivity index (χ2n) is 6.07. The van der Waals surface area contributed by atoms with E-state index in [0.29, 0.717) is 28.7 Å². The van der Waals surface area contributed by atoms with Crippen LogP contribution in [-0.2, 0) is 10.0 Å². The van der Waals surface area contributed by atoms with Gasteiger partial charge in [0.25, 0.3) is 15.9 Å². The molecule has 0 spiro atoms. The molecule has 10 heteroatoms. The van der Waals surface area contributed by atoms with Crippen molar-refractivity contribution in [1.82, 2.24) is 5.16 Å². The second-order valence-corrected chi connectivity index (χ2v) is 8.64. The average Bonchev–Trinajstić information content (AvgIpc) is 3.40. The molecule has 2 heterocycles. The Morgan fingerprint density at radius 2 is 2.10 bits per heavy atom. The van der Waals surface area contributed by atoms with E-state index < -0.39 is 80.5 Å². The molecule has 0 aliphatic rings. The first-order valence-corrected chi connectivity index (χ1v) is 10.5. The number of nitrogens with one attached hydrogen (secondary N) is 2. The van der Waals surface area contributed by atoms with Crippen LogP contribution in [0.25, 0.3) is 0 Å². The summed E-state index contributed by atoms with van der Waals surface area (Å²) in [5.74, 6) is -3.28. The SMILES string of the molecule is [2H]c1c(C([2H])([2H])[2H])cc(C([2H])([2H])[2H])c(NC(=O)c2sccc2S(=O)(=O)Nc2onc(C)c2C)c1C(=O)C([2H])([2H])[2H]. The van der Waals surface area contributed by atoms with Crippen LogP contribution in [0.4, 0.5) is 11.6 Å². The predicted octanol–water partition coefficient (Wildman–Crippen LogP) is 4.23. The average molecular weight is 458 g/mol. The third kappa shape index (κ3) is 4.14. The summed E-state index contributed by atoms with van der Waals surface area (Å²) in [5.41, 5.74) is -3.20. The summed E-state index contributed by atoms with van der Waals surface area (Å²) in [7, 11) is -4.48. The number of carbonyl (C=O) groups is 2. The Hall–Kier alpha value is -2.98. The standard InChI is InChI=1S/C20H21N3O5S2/c1-10-8-11(2)17(15(9-10)14(5)24)21-19(25)18-16(6-7-29-18)30(26,27)23-20-12(3)13(4)22-28-20/h6-9,23H,1-5H3,(H,21,25)/i1D3,2D3,5D3,9D. The van der Waals surface area contributed by atoms with Crippen molar-refractivity contribution in [2.75, 3.05) is 10.0 Å². The first-order valence-electron chi connectivity index (χ1n) is 13.1. The van der Waals surface area contributed by atoms with Gasteiger partial charge in [-0.2, -0.15) is 0 Å². The summed E-state index contributed by atoms with van der Waals surface area (Å²) in [6.07, 6.45) is 0. The molecule has 0 aliphatic heterocycles. The number of thiophene rings is 1. The van der Waals surface area contributed by atoms with E-state index >= 15 is 0 Å². The van der Waals surface area contributed by atoms with Gasteiger partial charge in [0.05, 0.1) is 12.8 Å². The number of hydrogen-bond acceptors (Lipinski definition) is 7. The Balaban J connectivity index is 2.20. The van der Waals surface area contributed by atoms with E-state index in [-0.39, 0.29) is 5.88 Å². The van der Waals surface area contributed by atoms with Gasteiger partial charge in [-0.1, -0.05) is 11.2 Å². The van der Waals surface area contributed by atoms with Crippen molar-refractivity contribution in [3.8, 4) is 0 Å². The lowest BCUT2D eigenvalue weighted by atomic mass is 10.0. The van der Waals surface area contributed by atoms with Crippen LogP contribution in [0, 0.1) is 27.6 Å². The molecular weight excluding hydrogens is 426 g/mol. The quantitative estimate of drug-likeness (QED) is 0.535.